The molecule has 1 saturated heterocycles. The summed E-state index contributed by atoms with van der Waals surface area (Å²) < 4.78 is 5.74. The zero-order valence-corrected chi connectivity index (χ0v) is 8.19. The molecule has 0 amide bonds. The zero-order chi connectivity index (χ0) is 9.42. The molecule has 72 valence electrons. The van der Waals surface area contributed by atoms with Crippen LogP contribution in [0.4, 0.5) is 0 Å². The molecule has 1 fully saturated rings. The molecule has 0 bridgehead atoms. The fraction of sp³-hybridized carbons (Fsp3) is 0.727. The molecule has 0 aromatic rings. The average molecular weight is 180 g/mol. The van der Waals surface area contributed by atoms with Gasteiger partial charge in [-0.25, -0.2) is 0 Å². The van der Waals surface area contributed by atoms with Crippen molar-refractivity contribution in [1.82, 2.24) is 0 Å². The second kappa shape index (κ2) is 3.26. The van der Waals surface area contributed by atoms with Gasteiger partial charge in [0.05, 0.1) is 12.2 Å². The fourth-order valence-electron chi connectivity index (χ4n) is 2.80. The highest BCUT2D eigenvalue weighted by molar-refractivity contribution is 5.74. The smallest absolute Gasteiger partial charge is 0.146 e. The number of allylic oxidation sites excluding steroid dienone is 1. The molecule has 1 heterocycles. The van der Waals surface area contributed by atoms with E-state index in [-0.39, 0.29) is 6.10 Å². The quantitative estimate of drug-likeness (QED) is 0.576. The molecule has 2 nitrogen and oxygen atoms in total. The second-order valence-electron chi connectivity index (χ2n) is 4.14. The van der Waals surface area contributed by atoms with Gasteiger partial charge in [0.25, 0.3) is 0 Å². The van der Waals surface area contributed by atoms with Crippen LogP contribution >= 0.6 is 0 Å². The van der Waals surface area contributed by atoms with Crippen molar-refractivity contribution in [2.45, 2.75) is 38.9 Å². The van der Waals surface area contributed by atoms with Crippen molar-refractivity contribution in [2.75, 3.05) is 0 Å². The largest absolute Gasteiger partial charge is 0.375 e. The Morgan fingerprint density at radius 2 is 2.23 bits per heavy atom. The van der Waals surface area contributed by atoms with Crippen LogP contribution in [0.15, 0.2) is 11.6 Å². The van der Waals surface area contributed by atoms with Gasteiger partial charge in [0.15, 0.2) is 0 Å². The maximum Gasteiger partial charge on any atom is 0.146 e. The average Bonchev–Trinajstić information content (AvgIpc) is 2.43. The first-order valence-corrected chi connectivity index (χ1v) is 5.04. The van der Waals surface area contributed by atoms with Gasteiger partial charge in [-0.1, -0.05) is 6.08 Å². The summed E-state index contributed by atoms with van der Waals surface area (Å²) in [4.78, 5) is 10.8. The van der Waals surface area contributed by atoms with Gasteiger partial charge in [0, 0.05) is 5.92 Å². The van der Waals surface area contributed by atoms with E-state index in [1.165, 1.54) is 6.42 Å². The fourth-order valence-corrected chi connectivity index (χ4v) is 2.80. The van der Waals surface area contributed by atoms with Crippen molar-refractivity contribution >= 4 is 6.29 Å². The van der Waals surface area contributed by atoms with Crippen LogP contribution in [0.2, 0.25) is 0 Å². The lowest BCUT2D eigenvalue weighted by atomic mass is 9.76. The molecular formula is C11H16O2. The minimum absolute atomic E-state index is 0.219. The Labute approximate surface area is 79.0 Å². The third-order valence-electron chi connectivity index (χ3n) is 3.40. The number of carbonyl (C=O) groups is 1. The van der Waals surface area contributed by atoms with Crippen LogP contribution in [0.1, 0.15) is 26.7 Å². The normalized spacial score (nSPS) is 44.0. The van der Waals surface area contributed by atoms with E-state index >= 15 is 0 Å². The van der Waals surface area contributed by atoms with E-state index in [1.807, 2.05) is 0 Å². The molecule has 0 N–H and O–H groups in total. The first-order chi connectivity index (χ1) is 6.24. The lowest BCUT2D eigenvalue weighted by molar-refractivity contribution is -0.105. The van der Waals surface area contributed by atoms with E-state index in [1.54, 1.807) is 0 Å². The van der Waals surface area contributed by atoms with E-state index in [0.717, 1.165) is 18.3 Å². The molecule has 0 aromatic heterocycles. The molecule has 4 atom stereocenters. The van der Waals surface area contributed by atoms with Gasteiger partial charge in [0.2, 0.25) is 0 Å². The first kappa shape index (κ1) is 8.95. The maximum absolute atomic E-state index is 10.8. The Hall–Kier alpha value is -0.630. The van der Waals surface area contributed by atoms with Crippen molar-refractivity contribution < 1.29 is 9.53 Å². The Balaban J connectivity index is 2.27. The van der Waals surface area contributed by atoms with Crippen molar-refractivity contribution in [3.8, 4) is 0 Å². The van der Waals surface area contributed by atoms with E-state index < -0.39 is 0 Å². The molecule has 0 unspecified atom stereocenters. The molecule has 0 radical (unpaired) electrons. The number of rotatable bonds is 1. The van der Waals surface area contributed by atoms with Gasteiger partial charge >= 0.3 is 0 Å². The molecule has 2 rings (SSSR count). The van der Waals surface area contributed by atoms with Crippen LogP contribution in [0.3, 0.4) is 0 Å². The van der Waals surface area contributed by atoms with E-state index in [0.29, 0.717) is 17.9 Å². The summed E-state index contributed by atoms with van der Waals surface area (Å²) in [5, 5.41) is 0. The van der Waals surface area contributed by atoms with Crippen LogP contribution in [-0.2, 0) is 9.53 Å². The predicted molar refractivity (Wildman–Crippen MR) is 50.4 cm³/mol. The third-order valence-corrected chi connectivity index (χ3v) is 3.40. The number of ether oxygens (including phenoxy) is 1. The van der Waals surface area contributed by atoms with Crippen molar-refractivity contribution in [1.29, 1.82) is 0 Å². The van der Waals surface area contributed by atoms with Crippen LogP contribution in [0.25, 0.3) is 0 Å². The van der Waals surface area contributed by atoms with Gasteiger partial charge in [-0.15, -0.1) is 0 Å². The minimum Gasteiger partial charge on any atom is -0.375 e. The summed E-state index contributed by atoms with van der Waals surface area (Å²) in [6, 6.07) is 0. The molecule has 2 aliphatic rings. The van der Waals surface area contributed by atoms with Crippen molar-refractivity contribution in [2.24, 2.45) is 11.8 Å². The van der Waals surface area contributed by atoms with Gasteiger partial charge in [-0.05, 0) is 38.2 Å². The van der Waals surface area contributed by atoms with Gasteiger partial charge < -0.3 is 4.74 Å². The van der Waals surface area contributed by atoms with E-state index in [9.17, 15) is 4.79 Å². The Morgan fingerprint density at radius 3 is 2.92 bits per heavy atom. The Morgan fingerprint density at radius 1 is 1.46 bits per heavy atom. The second-order valence-corrected chi connectivity index (χ2v) is 4.14. The van der Waals surface area contributed by atoms with Gasteiger partial charge in [0.1, 0.15) is 6.29 Å². The number of hydrogen-bond donors (Lipinski definition) is 0. The summed E-state index contributed by atoms with van der Waals surface area (Å²) in [7, 11) is 0. The standard InChI is InChI=1S/C11H16O2/c1-7-10-5-3-4-9(6-12)11(10)8(2)13-7/h4,6-8,10-11H,3,5H2,1-2H3/t7-,8+,10+,11+/m0/s1. The van der Waals surface area contributed by atoms with Crippen LogP contribution in [-0.4, -0.2) is 18.5 Å². The molecule has 0 aromatic carbocycles. The SMILES string of the molecule is C[C@@H]1O[C@H](C)[C@@H]2C(C=O)=CCC[C@@H]21. The summed E-state index contributed by atoms with van der Waals surface area (Å²) in [5.41, 5.74) is 0.966. The van der Waals surface area contributed by atoms with Crippen LogP contribution in [0.5, 0.6) is 0 Å². The topological polar surface area (TPSA) is 26.3 Å². The summed E-state index contributed by atoms with van der Waals surface area (Å²) in [6.45, 7) is 4.19. The lowest BCUT2D eigenvalue weighted by Gasteiger charge is -2.25. The van der Waals surface area contributed by atoms with Crippen LogP contribution < -0.4 is 0 Å². The summed E-state index contributed by atoms with van der Waals surface area (Å²) >= 11 is 0. The monoisotopic (exact) mass is 180 g/mol. The molecule has 1 aliphatic carbocycles. The van der Waals surface area contributed by atoms with Gasteiger partial charge in [-0.3, -0.25) is 4.79 Å². The zero-order valence-electron chi connectivity index (χ0n) is 8.19. The molecule has 0 saturated carbocycles. The van der Waals surface area contributed by atoms with Crippen molar-refractivity contribution in [3.63, 3.8) is 0 Å². The highest BCUT2D eigenvalue weighted by Crippen LogP contribution is 2.42. The first-order valence-electron chi connectivity index (χ1n) is 5.04. The molecule has 13 heavy (non-hydrogen) atoms. The number of hydrogen-bond acceptors (Lipinski definition) is 2. The Kier molecular flexibility index (Phi) is 2.24. The minimum atomic E-state index is 0.219. The highest BCUT2D eigenvalue weighted by atomic mass is 16.5. The lowest BCUT2D eigenvalue weighted by Crippen LogP contribution is -2.25. The highest BCUT2D eigenvalue weighted by Gasteiger charge is 2.42. The molecule has 1 aliphatic heterocycles. The summed E-state index contributed by atoms with van der Waals surface area (Å²) in [5.74, 6) is 0.932. The molecule has 0 spiro atoms. The van der Waals surface area contributed by atoms with E-state index in [2.05, 4.69) is 19.9 Å². The predicted octanol–water partition coefficient (Wildman–Crippen LogP) is 1.95. The van der Waals surface area contributed by atoms with Crippen LogP contribution in [0, 0.1) is 11.8 Å². The third kappa shape index (κ3) is 1.33. The van der Waals surface area contributed by atoms with Gasteiger partial charge in [-0.2, -0.15) is 0 Å². The number of fused-ring (bicyclic) bond motifs is 1. The van der Waals surface area contributed by atoms with Crippen molar-refractivity contribution in [3.05, 3.63) is 11.6 Å². The maximum atomic E-state index is 10.8. The van der Waals surface area contributed by atoms with E-state index in [4.69, 9.17) is 4.74 Å². The Bertz CT molecular complexity index is 244. The molecular weight excluding hydrogens is 164 g/mol. The summed E-state index contributed by atoms with van der Waals surface area (Å²) in [6.07, 6.45) is 5.84. The number of aldehydes is 1. The molecule has 2 heteroatoms. The number of carbonyl (C=O) groups excluding carboxylic acids is 1.